The number of nitrogens with one attached hydrogen (secondary N) is 1. The van der Waals surface area contributed by atoms with E-state index in [1.54, 1.807) is 31.3 Å². The summed E-state index contributed by atoms with van der Waals surface area (Å²) in [7, 11) is 3.04. The molecule has 2 amide bonds. The van der Waals surface area contributed by atoms with Crippen LogP contribution in [0.4, 0.5) is 0 Å². The Morgan fingerprint density at radius 3 is 2.55 bits per heavy atom. The number of hydrogen-bond acceptors (Lipinski definition) is 4. The second-order valence-corrected chi connectivity index (χ2v) is 4.43. The Morgan fingerprint density at radius 2 is 2.00 bits per heavy atom. The van der Waals surface area contributed by atoms with E-state index in [1.165, 1.54) is 12.0 Å². The molecule has 1 aromatic rings. The van der Waals surface area contributed by atoms with Gasteiger partial charge in [0.15, 0.2) is 0 Å². The van der Waals surface area contributed by atoms with Crippen molar-refractivity contribution in [3.05, 3.63) is 35.9 Å². The lowest BCUT2D eigenvalue weighted by atomic mass is 10.2. The molecule has 2 N–H and O–H groups in total. The van der Waals surface area contributed by atoms with Crippen LogP contribution in [0, 0.1) is 0 Å². The van der Waals surface area contributed by atoms with E-state index in [9.17, 15) is 9.59 Å². The van der Waals surface area contributed by atoms with E-state index < -0.39 is 6.04 Å². The number of ether oxygens (including phenoxy) is 1. The van der Waals surface area contributed by atoms with Crippen LogP contribution in [0.3, 0.4) is 0 Å². The van der Waals surface area contributed by atoms with Crippen molar-refractivity contribution < 1.29 is 19.4 Å². The second-order valence-electron chi connectivity index (χ2n) is 4.43. The van der Waals surface area contributed by atoms with Crippen molar-refractivity contribution in [3.63, 3.8) is 0 Å². The first-order chi connectivity index (χ1) is 9.58. The van der Waals surface area contributed by atoms with Crippen molar-refractivity contribution in [3.8, 4) is 0 Å². The van der Waals surface area contributed by atoms with Gasteiger partial charge in [-0.2, -0.15) is 0 Å². The highest BCUT2D eigenvalue weighted by atomic mass is 16.5. The molecule has 1 unspecified atom stereocenters. The van der Waals surface area contributed by atoms with E-state index in [4.69, 9.17) is 9.84 Å². The minimum atomic E-state index is -0.465. The largest absolute Gasteiger partial charge is 0.394 e. The van der Waals surface area contributed by atoms with Crippen molar-refractivity contribution in [2.75, 3.05) is 33.9 Å². The fraction of sp³-hybridized carbons (Fsp3) is 0.429. The molecule has 1 rings (SSSR count). The Hall–Kier alpha value is -1.92. The average molecular weight is 280 g/mol. The molecule has 0 radical (unpaired) electrons. The molecule has 6 heteroatoms. The van der Waals surface area contributed by atoms with E-state index in [0.717, 1.165) is 0 Å². The van der Waals surface area contributed by atoms with Crippen molar-refractivity contribution >= 4 is 11.8 Å². The number of hydrogen-bond donors (Lipinski definition) is 2. The predicted molar refractivity (Wildman–Crippen MR) is 74.3 cm³/mol. The maximum absolute atomic E-state index is 12.0. The molecule has 1 atom stereocenters. The first kappa shape index (κ1) is 16.1. The van der Waals surface area contributed by atoms with Gasteiger partial charge in [-0.1, -0.05) is 18.2 Å². The molecule has 110 valence electrons. The summed E-state index contributed by atoms with van der Waals surface area (Å²) in [6.07, 6.45) is 0. The molecule has 20 heavy (non-hydrogen) atoms. The molecular weight excluding hydrogens is 260 g/mol. The van der Waals surface area contributed by atoms with Crippen LogP contribution in [0.25, 0.3) is 0 Å². The van der Waals surface area contributed by atoms with Crippen LogP contribution in [0.5, 0.6) is 0 Å². The first-order valence-corrected chi connectivity index (χ1v) is 6.28. The predicted octanol–water partition coefficient (Wildman–Crippen LogP) is -0.118. The number of aliphatic hydroxyl groups is 1. The molecule has 1 aromatic carbocycles. The molecule has 0 aliphatic carbocycles. The number of carbonyl (C=O) groups is 2. The van der Waals surface area contributed by atoms with Gasteiger partial charge in [0.25, 0.3) is 5.91 Å². The lowest BCUT2D eigenvalue weighted by Crippen LogP contribution is -2.45. The molecule has 0 bridgehead atoms. The number of methoxy groups -OCH3 is 1. The standard InChI is InChI=1S/C14H20N2O4/c1-16(14(19)11-6-4-3-5-7-11)8-13(18)15-12(9-17)10-20-2/h3-7,12,17H,8-10H2,1-2H3,(H,15,18). The van der Waals surface area contributed by atoms with Crippen molar-refractivity contribution in [1.29, 1.82) is 0 Å². The van der Waals surface area contributed by atoms with E-state index in [-0.39, 0.29) is 31.6 Å². The Kier molecular flexibility index (Phi) is 6.69. The normalized spacial score (nSPS) is 11.8. The van der Waals surface area contributed by atoms with Gasteiger partial charge in [0, 0.05) is 19.7 Å². The number of aliphatic hydroxyl groups excluding tert-OH is 1. The summed E-state index contributed by atoms with van der Waals surface area (Å²) in [5.74, 6) is -0.569. The van der Waals surface area contributed by atoms with Gasteiger partial charge >= 0.3 is 0 Å². The molecule has 0 saturated carbocycles. The molecule has 0 saturated heterocycles. The zero-order chi connectivity index (χ0) is 15.0. The number of amides is 2. The molecule has 6 nitrogen and oxygen atoms in total. The van der Waals surface area contributed by atoms with Gasteiger partial charge in [-0.05, 0) is 12.1 Å². The van der Waals surface area contributed by atoms with Crippen molar-refractivity contribution in [2.45, 2.75) is 6.04 Å². The topological polar surface area (TPSA) is 78.9 Å². The van der Waals surface area contributed by atoms with E-state index in [2.05, 4.69) is 5.32 Å². The van der Waals surface area contributed by atoms with Crippen molar-refractivity contribution in [2.24, 2.45) is 0 Å². The maximum Gasteiger partial charge on any atom is 0.254 e. The van der Waals surface area contributed by atoms with Gasteiger partial charge in [0.05, 0.1) is 25.8 Å². The lowest BCUT2D eigenvalue weighted by Gasteiger charge is -2.20. The minimum absolute atomic E-state index is 0.0755. The van der Waals surface area contributed by atoms with Gasteiger partial charge in [0.1, 0.15) is 0 Å². The van der Waals surface area contributed by atoms with E-state index >= 15 is 0 Å². The summed E-state index contributed by atoms with van der Waals surface area (Å²) in [6.45, 7) is -0.0670. The Balaban J connectivity index is 2.51. The van der Waals surface area contributed by atoms with Crippen LogP contribution >= 0.6 is 0 Å². The number of nitrogens with zero attached hydrogens (tertiary/aromatic N) is 1. The van der Waals surface area contributed by atoms with Crippen LogP contribution in [-0.4, -0.2) is 61.8 Å². The second kappa shape index (κ2) is 8.29. The lowest BCUT2D eigenvalue weighted by molar-refractivity contribution is -0.123. The third-order valence-electron chi connectivity index (χ3n) is 2.70. The van der Waals surface area contributed by atoms with Gasteiger partial charge in [-0.3, -0.25) is 9.59 Å². The number of carbonyl (C=O) groups excluding carboxylic acids is 2. The zero-order valence-corrected chi connectivity index (χ0v) is 11.7. The van der Waals surface area contributed by atoms with Gasteiger partial charge in [-0.15, -0.1) is 0 Å². The summed E-state index contributed by atoms with van der Waals surface area (Å²) < 4.78 is 4.86. The van der Waals surface area contributed by atoms with Crippen LogP contribution in [0.2, 0.25) is 0 Å². The summed E-state index contributed by atoms with van der Waals surface area (Å²) in [4.78, 5) is 25.1. The molecule has 0 aliphatic heterocycles. The summed E-state index contributed by atoms with van der Waals surface area (Å²) >= 11 is 0. The summed E-state index contributed by atoms with van der Waals surface area (Å²) in [5, 5.41) is 11.6. The summed E-state index contributed by atoms with van der Waals surface area (Å²) in [5.41, 5.74) is 0.526. The maximum atomic E-state index is 12.0. The molecule has 0 aliphatic rings. The third kappa shape index (κ3) is 4.99. The average Bonchev–Trinajstić information content (AvgIpc) is 2.46. The highest BCUT2D eigenvalue weighted by Crippen LogP contribution is 2.02. The highest BCUT2D eigenvalue weighted by molar-refractivity contribution is 5.96. The van der Waals surface area contributed by atoms with E-state index in [1.807, 2.05) is 6.07 Å². The molecule has 0 spiro atoms. The molecule has 0 heterocycles. The van der Waals surface area contributed by atoms with Gasteiger partial charge in [-0.25, -0.2) is 0 Å². The zero-order valence-electron chi connectivity index (χ0n) is 11.7. The molecule has 0 aromatic heterocycles. The van der Waals surface area contributed by atoms with Crippen LogP contribution in [0.15, 0.2) is 30.3 Å². The number of benzene rings is 1. The smallest absolute Gasteiger partial charge is 0.254 e. The Morgan fingerprint density at radius 1 is 1.35 bits per heavy atom. The minimum Gasteiger partial charge on any atom is -0.394 e. The fourth-order valence-corrected chi connectivity index (χ4v) is 1.70. The first-order valence-electron chi connectivity index (χ1n) is 6.28. The summed E-state index contributed by atoms with van der Waals surface area (Å²) in [6, 6.07) is 8.27. The van der Waals surface area contributed by atoms with Gasteiger partial charge in [0.2, 0.25) is 5.91 Å². The monoisotopic (exact) mass is 280 g/mol. The van der Waals surface area contributed by atoms with Crippen LogP contribution in [0.1, 0.15) is 10.4 Å². The van der Waals surface area contributed by atoms with E-state index in [0.29, 0.717) is 5.56 Å². The number of rotatable bonds is 7. The SMILES string of the molecule is COCC(CO)NC(=O)CN(C)C(=O)c1ccccc1. The molecule has 0 fully saturated rings. The van der Waals surface area contributed by atoms with Crippen molar-refractivity contribution in [1.82, 2.24) is 10.2 Å². The van der Waals surface area contributed by atoms with Crippen LogP contribution < -0.4 is 5.32 Å². The quantitative estimate of drug-likeness (QED) is 0.730. The molecular formula is C14H20N2O4. The van der Waals surface area contributed by atoms with Gasteiger partial charge < -0.3 is 20.1 Å². The Bertz CT molecular complexity index is 436. The third-order valence-corrected chi connectivity index (χ3v) is 2.70. The fourth-order valence-electron chi connectivity index (χ4n) is 1.70. The van der Waals surface area contributed by atoms with Crippen LogP contribution in [-0.2, 0) is 9.53 Å². The number of likely N-dealkylation sites (N-methyl/N-ethyl adjacent to an activating group) is 1. The Labute approximate surface area is 118 Å². The highest BCUT2D eigenvalue weighted by Gasteiger charge is 2.17.